The summed E-state index contributed by atoms with van der Waals surface area (Å²) in [5.41, 5.74) is -0.0969. The van der Waals surface area contributed by atoms with E-state index in [1.807, 2.05) is 0 Å². The molecular formula is C21H20F3N5O3. The van der Waals surface area contributed by atoms with Gasteiger partial charge in [0.2, 0.25) is 0 Å². The highest BCUT2D eigenvalue weighted by Crippen LogP contribution is 2.33. The van der Waals surface area contributed by atoms with Crippen LogP contribution in [0.2, 0.25) is 0 Å². The molecule has 0 saturated carbocycles. The van der Waals surface area contributed by atoms with E-state index < -0.39 is 29.2 Å². The number of urea groups is 1. The Morgan fingerprint density at radius 2 is 1.91 bits per heavy atom. The number of carbonyl (C=O) groups is 2. The maximum atomic E-state index is 13.3. The molecule has 3 aromatic rings. The first-order valence-corrected chi connectivity index (χ1v) is 9.47. The Bertz CT molecular complexity index is 1150. The van der Waals surface area contributed by atoms with E-state index in [9.17, 15) is 22.8 Å². The zero-order chi connectivity index (χ0) is 23.3. The lowest BCUT2D eigenvalue weighted by Crippen LogP contribution is -2.31. The van der Waals surface area contributed by atoms with Crippen molar-refractivity contribution in [2.75, 3.05) is 30.9 Å². The molecule has 1 aromatic carbocycles. The normalized spacial score (nSPS) is 11.3. The summed E-state index contributed by atoms with van der Waals surface area (Å²) < 4.78 is 44.7. The molecule has 0 atom stereocenters. The molecule has 8 nitrogen and oxygen atoms in total. The lowest BCUT2D eigenvalue weighted by molar-refractivity contribution is -0.138. The number of fused-ring (bicyclic) bond motifs is 1. The molecule has 0 radical (unpaired) electrons. The number of carbonyl (C=O) groups excluding carboxylic acids is 2. The Morgan fingerprint density at radius 1 is 1.12 bits per heavy atom. The first kappa shape index (κ1) is 22.9. The van der Waals surface area contributed by atoms with Gasteiger partial charge in [-0.3, -0.25) is 14.8 Å². The molecule has 3 rings (SSSR count). The van der Waals surface area contributed by atoms with Gasteiger partial charge in [0.25, 0.3) is 5.91 Å². The largest absolute Gasteiger partial charge is 0.417 e. The maximum absolute atomic E-state index is 13.3. The van der Waals surface area contributed by atoms with E-state index in [0.29, 0.717) is 35.3 Å². The van der Waals surface area contributed by atoms with E-state index in [2.05, 4.69) is 25.9 Å². The smallest absolute Gasteiger partial charge is 0.383 e. The SMILES string of the molecule is COCCNC(=O)Nc1c(C)cnc2c(NC(=O)c3cnccc3C(F)(F)F)cccc12. The molecule has 0 bridgehead atoms. The van der Waals surface area contributed by atoms with Gasteiger partial charge in [0, 0.05) is 37.6 Å². The van der Waals surface area contributed by atoms with Gasteiger partial charge in [-0.15, -0.1) is 0 Å². The van der Waals surface area contributed by atoms with Crippen molar-refractivity contribution in [3.63, 3.8) is 0 Å². The fraction of sp³-hybridized carbons (Fsp3) is 0.238. The zero-order valence-corrected chi connectivity index (χ0v) is 17.2. The third-order valence-corrected chi connectivity index (χ3v) is 4.54. The molecule has 2 aromatic heterocycles. The number of rotatable bonds is 6. The van der Waals surface area contributed by atoms with Crippen molar-refractivity contribution in [3.05, 3.63) is 59.5 Å². The first-order valence-electron chi connectivity index (χ1n) is 9.47. The molecule has 2 heterocycles. The number of para-hydroxylation sites is 1. The summed E-state index contributed by atoms with van der Waals surface area (Å²) in [7, 11) is 1.51. The number of pyridine rings is 2. The van der Waals surface area contributed by atoms with Crippen molar-refractivity contribution < 1.29 is 27.5 Å². The van der Waals surface area contributed by atoms with Crippen molar-refractivity contribution in [1.82, 2.24) is 15.3 Å². The summed E-state index contributed by atoms with van der Waals surface area (Å²) in [5.74, 6) is -0.980. The fourth-order valence-electron chi connectivity index (χ4n) is 3.03. The Kier molecular flexibility index (Phi) is 6.89. The number of aromatic nitrogens is 2. The molecule has 0 aliphatic rings. The van der Waals surface area contributed by atoms with E-state index in [1.54, 1.807) is 19.1 Å². The zero-order valence-electron chi connectivity index (χ0n) is 17.2. The molecule has 3 N–H and O–H groups in total. The average Bonchev–Trinajstić information content (AvgIpc) is 2.75. The number of hydrogen-bond donors (Lipinski definition) is 3. The molecule has 0 aliphatic carbocycles. The van der Waals surface area contributed by atoms with Crippen LogP contribution in [0.25, 0.3) is 10.9 Å². The molecule has 0 unspecified atom stereocenters. The highest BCUT2D eigenvalue weighted by atomic mass is 19.4. The molecule has 11 heteroatoms. The summed E-state index contributed by atoms with van der Waals surface area (Å²) in [4.78, 5) is 32.7. The highest BCUT2D eigenvalue weighted by Gasteiger charge is 2.35. The standard InChI is InChI=1S/C21H20F3N5O3/c1-12-10-27-18-13(17(12)29-20(31)26-8-9-32-2)4-3-5-16(18)28-19(30)14-11-25-7-6-15(14)21(22,23)24/h3-7,10-11H,8-9H2,1-2H3,(H,28,30)(H2,26,27,29,31). The van der Waals surface area contributed by atoms with E-state index in [0.717, 1.165) is 18.5 Å². The molecule has 168 valence electrons. The molecule has 3 amide bonds. The fourth-order valence-corrected chi connectivity index (χ4v) is 3.03. The number of hydrogen-bond acceptors (Lipinski definition) is 5. The molecular weight excluding hydrogens is 427 g/mol. The number of nitrogens with one attached hydrogen (secondary N) is 3. The second-order valence-corrected chi connectivity index (χ2v) is 6.76. The summed E-state index contributed by atoms with van der Waals surface area (Å²) >= 11 is 0. The van der Waals surface area contributed by atoms with Gasteiger partial charge in [0.15, 0.2) is 0 Å². The predicted octanol–water partition coefficient (Wildman–Crippen LogP) is 3.98. The van der Waals surface area contributed by atoms with Crippen molar-refractivity contribution in [2.24, 2.45) is 0 Å². The van der Waals surface area contributed by atoms with Crippen LogP contribution in [0.4, 0.5) is 29.3 Å². The Balaban J connectivity index is 1.93. The molecule has 0 saturated heterocycles. The van der Waals surface area contributed by atoms with Crippen molar-refractivity contribution in [3.8, 4) is 0 Å². The van der Waals surface area contributed by atoms with Gasteiger partial charge in [-0.1, -0.05) is 12.1 Å². The molecule has 0 spiro atoms. The summed E-state index contributed by atoms with van der Waals surface area (Å²) in [6, 6.07) is 5.07. The quantitative estimate of drug-likeness (QED) is 0.496. The Hall–Kier alpha value is -3.73. The average molecular weight is 447 g/mol. The van der Waals surface area contributed by atoms with Crippen LogP contribution in [0, 0.1) is 6.92 Å². The number of halogens is 3. The first-order chi connectivity index (χ1) is 15.2. The lowest BCUT2D eigenvalue weighted by Gasteiger charge is -2.15. The van der Waals surface area contributed by atoms with Gasteiger partial charge in [-0.05, 0) is 24.6 Å². The van der Waals surface area contributed by atoms with Crippen LogP contribution in [0.3, 0.4) is 0 Å². The number of anilines is 2. The van der Waals surface area contributed by atoms with Crippen LogP contribution in [0.1, 0.15) is 21.5 Å². The van der Waals surface area contributed by atoms with Crippen LogP contribution in [0.15, 0.2) is 42.9 Å². The Labute approximate surface area is 181 Å². The van der Waals surface area contributed by atoms with Gasteiger partial charge in [0.1, 0.15) is 0 Å². The minimum Gasteiger partial charge on any atom is -0.383 e. The third-order valence-electron chi connectivity index (χ3n) is 4.54. The maximum Gasteiger partial charge on any atom is 0.417 e. The number of amides is 3. The van der Waals surface area contributed by atoms with E-state index in [-0.39, 0.29) is 5.69 Å². The van der Waals surface area contributed by atoms with Crippen molar-refractivity contribution >= 4 is 34.2 Å². The van der Waals surface area contributed by atoms with Crippen LogP contribution < -0.4 is 16.0 Å². The number of methoxy groups -OCH3 is 1. The minimum absolute atomic E-state index is 0.187. The number of ether oxygens (including phenoxy) is 1. The monoisotopic (exact) mass is 447 g/mol. The Morgan fingerprint density at radius 3 is 2.62 bits per heavy atom. The van der Waals surface area contributed by atoms with E-state index in [4.69, 9.17) is 4.74 Å². The van der Waals surface area contributed by atoms with Crippen LogP contribution >= 0.6 is 0 Å². The van der Waals surface area contributed by atoms with E-state index >= 15 is 0 Å². The van der Waals surface area contributed by atoms with Gasteiger partial charge in [-0.2, -0.15) is 13.2 Å². The second kappa shape index (κ2) is 9.60. The molecule has 0 aliphatic heterocycles. The predicted molar refractivity (Wildman–Crippen MR) is 113 cm³/mol. The van der Waals surface area contributed by atoms with Gasteiger partial charge < -0.3 is 20.7 Å². The van der Waals surface area contributed by atoms with Gasteiger partial charge >= 0.3 is 12.2 Å². The number of nitrogens with zero attached hydrogens (tertiary/aromatic N) is 2. The third kappa shape index (κ3) is 5.11. The summed E-state index contributed by atoms with van der Waals surface area (Å²) in [6.45, 7) is 2.39. The number of aryl methyl sites for hydroxylation is 1. The van der Waals surface area contributed by atoms with Crippen LogP contribution in [-0.2, 0) is 10.9 Å². The van der Waals surface area contributed by atoms with Gasteiger partial charge in [-0.25, -0.2) is 4.79 Å². The van der Waals surface area contributed by atoms with Gasteiger partial charge in [0.05, 0.1) is 34.6 Å². The topological polar surface area (TPSA) is 105 Å². The minimum atomic E-state index is -4.71. The van der Waals surface area contributed by atoms with Crippen LogP contribution in [0.5, 0.6) is 0 Å². The van der Waals surface area contributed by atoms with Crippen molar-refractivity contribution in [1.29, 1.82) is 0 Å². The summed E-state index contributed by atoms with van der Waals surface area (Å²) in [5, 5.41) is 8.35. The van der Waals surface area contributed by atoms with Crippen LogP contribution in [-0.4, -0.2) is 42.2 Å². The summed E-state index contributed by atoms with van der Waals surface area (Å²) in [6.07, 6.45) is -1.39. The number of alkyl halides is 3. The molecule has 32 heavy (non-hydrogen) atoms. The highest BCUT2D eigenvalue weighted by molar-refractivity contribution is 6.11. The van der Waals surface area contributed by atoms with Crippen molar-refractivity contribution in [2.45, 2.75) is 13.1 Å². The second-order valence-electron chi connectivity index (χ2n) is 6.76. The lowest BCUT2D eigenvalue weighted by atomic mass is 10.1. The van der Waals surface area contributed by atoms with E-state index in [1.165, 1.54) is 19.4 Å². The molecule has 0 fully saturated rings. The number of benzene rings is 1.